The van der Waals surface area contributed by atoms with E-state index >= 15 is 0 Å². The minimum absolute atomic E-state index is 0.0471. The highest BCUT2D eigenvalue weighted by Gasteiger charge is 2.08. The van der Waals surface area contributed by atoms with Crippen LogP contribution in [-0.4, -0.2) is 15.5 Å². The van der Waals surface area contributed by atoms with Crippen LogP contribution < -0.4 is 5.32 Å². The molecule has 3 rings (SSSR count). The first kappa shape index (κ1) is 15.0. The summed E-state index contributed by atoms with van der Waals surface area (Å²) >= 11 is 0. The van der Waals surface area contributed by atoms with E-state index in [1.54, 1.807) is 0 Å². The van der Waals surface area contributed by atoms with Crippen LogP contribution >= 0.6 is 0 Å². The van der Waals surface area contributed by atoms with Crippen LogP contribution in [0.15, 0.2) is 61.4 Å². The second kappa shape index (κ2) is 6.08. The summed E-state index contributed by atoms with van der Waals surface area (Å²) in [5.74, 6) is -0.164. The molecule has 0 saturated heterocycles. The van der Waals surface area contributed by atoms with Crippen LogP contribution in [0.2, 0.25) is 0 Å². The Morgan fingerprint density at radius 1 is 1.22 bits per heavy atom. The van der Waals surface area contributed by atoms with Crippen molar-refractivity contribution in [3.05, 3.63) is 67.0 Å². The van der Waals surface area contributed by atoms with Crippen LogP contribution in [0, 0.1) is 0 Å². The monoisotopic (exact) mass is 305 g/mol. The van der Waals surface area contributed by atoms with E-state index in [1.165, 1.54) is 6.08 Å². The average Bonchev–Trinajstić information content (AvgIpc) is 2.95. The first-order valence-corrected chi connectivity index (χ1v) is 7.53. The number of imidazole rings is 1. The zero-order chi connectivity index (χ0) is 16.4. The van der Waals surface area contributed by atoms with E-state index < -0.39 is 0 Å². The van der Waals surface area contributed by atoms with Crippen molar-refractivity contribution in [2.45, 2.75) is 13.0 Å². The smallest absolute Gasteiger partial charge is 0.243 e. The zero-order valence-corrected chi connectivity index (χ0v) is 13.3. The van der Waals surface area contributed by atoms with Crippen molar-refractivity contribution in [1.29, 1.82) is 0 Å². The molecule has 0 aliphatic carbocycles. The van der Waals surface area contributed by atoms with Gasteiger partial charge >= 0.3 is 0 Å². The fourth-order valence-corrected chi connectivity index (χ4v) is 2.63. The highest BCUT2D eigenvalue weighted by Crippen LogP contribution is 2.25. The second-order valence-electron chi connectivity index (χ2n) is 5.62. The summed E-state index contributed by atoms with van der Waals surface area (Å²) in [6.07, 6.45) is 3.11. The third kappa shape index (κ3) is 3.01. The molecule has 0 spiro atoms. The molecule has 0 unspecified atom stereocenters. The maximum Gasteiger partial charge on any atom is 0.243 e. The van der Waals surface area contributed by atoms with Gasteiger partial charge in [-0.25, -0.2) is 4.98 Å². The molecule has 2 aromatic carbocycles. The fourth-order valence-electron chi connectivity index (χ4n) is 2.63. The maximum atomic E-state index is 11.4. The number of amides is 1. The minimum Gasteiger partial charge on any atom is -0.346 e. The molecule has 1 N–H and O–H groups in total. The number of carbonyl (C=O) groups is 1. The third-order valence-corrected chi connectivity index (χ3v) is 4.01. The summed E-state index contributed by atoms with van der Waals surface area (Å²) in [5, 5.41) is 2.86. The highest BCUT2D eigenvalue weighted by atomic mass is 16.1. The molecule has 0 radical (unpaired) electrons. The number of hydrogen-bond donors (Lipinski definition) is 1. The lowest BCUT2D eigenvalue weighted by Gasteiger charge is -2.13. The molecular weight excluding hydrogens is 286 g/mol. The molecule has 23 heavy (non-hydrogen) atoms. The van der Waals surface area contributed by atoms with Crippen molar-refractivity contribution in [2.24, 2.45) is 7.05 Å². The Kier molecular flexibility index (Phi) is 3.98. The Morgan fingerprint density at radius 3 is 2.61 bits per heavy atom. The van der Waals surface area contributed by atoms with Crippen LogP contribution in [-0.2, 0) is 11.8 Å². The number of nitrogens with zero attached hydrogens (tertiary/aromatic N) is 2. The number of carbonyl (C=O) groups excluding carboxylic acids is 1. The van der Waals surface area contributed by atoms with Crippen molar-refractivity contribution >= 4 is 16.9 Å². The summed E-state index contributed by atoms with van der Waals surface area (Å²) in [6.45, 7) is 5.43. The Balaban J connectivity index is 1.87. The van der Waals surface area contributed by atoms with Gasteiger partial charge in [0.15, 0.2) is 0 Å². The molecule has 3 aromatic rings. The SMILES string of the molecule is C=CC(=O)N[C@H](C)c1ccc(-c2ccc3ncn(C)c3c2)cc1. The fraction of sp³-hybridized carbons (Fsp3) is 0.158. The van der Waals surface area contributed by atoms with Gasteiger partial charge in [0.2, 0.25) is 5.91 Å². The van der Waals surface area contributed by atoms with Gasteiger partial charge in [0, 0.05) is 7.05 Å². The molecule has 1 amide bonds. The second-order valence-corrected chi connectivity index (χ2v) is 5.62. The minimum atomic E-state index is -0.164. The van der Waals surface area contributed by atoms with Crippen LogP contribution in [0.4, 0.5) is 0 Å². The number of nitrogens with one attached hydrogen (secondary N) is 1. The largest absolute Gasteiger partial charge is 0.346 e. The number of rotatable bonds is 4. The molecule has 1 heterocycles. The topological polar surface area (TPSA) is 46.9 Å². The van der Waals surface area contributed by atoms with Crippen LogP contribution in [0.1, 0.15) is 18.5 Å². The van der Waals surface area contributed by atoms with Gasteiger partial charge in [-0.1, -0.05) is 36.9 Å². The first-order chi connectivity index (χ1) is 11.1. The van der Waals surface area contributed by atoms with E-state index in [0.717, 1.165) is 27.7 Å². The molecule has 0 bridgehead atoms. The molecule has 0 aliphatic heterocycles. The van der Waals surface area contributed by atoms with Crippen LogP contribution in [0.25, 0.3) is 22.2 Å². The third-order valence-electron chi connectivity index (χ3n) is 4.01. The number of hydrogen-bond acceptors (Lipinski definition) is 2. The lowest BCUT2D eigenvalue weighted by atomic mass is 10.0. The molecular formula is C19H19N3O. The lowest BCUT2D eigenvalue weighted by molar-refractivity contribution is -0.117. The van der Waals surface area contributed by atoms with E-state index in [9.17, 15) is 4.79 Å². The van der Waals surface area contributed by atoms with Gasteiger partial charge in [-0.05, 0) is 41.8 Å². The Bertz CT molecular complexity index is 862. The predicted molar refractivity (Wildman–Crippen MR) is 92.9 cm³/mol. The molecule has 0 saturated carbocycles. The predicted octanol–water partition coefficient (Wildman–Crippen LogP) is 3.60. The number of aryl methyl sites for hydroxylation is 1. The van der Waals surface area contributed by atoms with E-state index in [-0.39, 0.29) is 11.9 Å². The van der Waals surface area contributed by atoms with E-state index in [2.05, 4.69) is 41.1 Å². The standard InChI is InChI=1S/C19H19N3O/c1-4-19(23)21-13(2)14-5-7-15(8-6-14)16-9-10-17-18(11-16)22(3)12-20-17/h4-13H,1H2,2-3H3,(H,21,23)/t13-/m1/s1. The van der Waals surface area contributed by atoms with E-state index in [4.69, 9.17) is 0 Å². The number of fused-ring (bicyclic) bond motifs is 1. The molecule has 0 fully saturated rings. The van der Waals surface area contributed by atoms with Gasteiger partial charge in [-0.15, -0.1) is 0 Å². The summed E-state index contributed by atoms with van der Waals surface area (Å²) in [6, 6.07) is 14.4. The molecule has 1 atom stereocenters. The van der Waals surface area contributed by atoms with Crippen LogP contribution in [0.5, 0.6) is 0 Å². The van der Waals surface area contributed by atoms with Crippen molar-refractivity contribution in [3.63, 3.8) is 0 Å². The first-order valence-electron chi connectivity index (χ1n) is 7.53. The summed E-state index contributed by atoms with van der Waals surface area (Å²) < 4.78 is 2.01. The van der Waals surface area contributed by atoms with E-state index in [0.29, 0.717) is 0 Å². The van der Waals surface area contributed by atoms with Gasteiger partial charge in [0.1, 0.15) is 0 Å². The Labute approximate surface area is 135 Å². The normalized spacial score (nSPS) is 12.1. The summed E-state index contributed by atoms with van der Waals surface area (Å²) in [5.41, 5.74) is 5.45. The zero-order valence-electron chi connectivity index (χ0n) is 13.3. The highest BCUT2D eigenvalue weighted by molar-refractivity contribution is 5.87. The molecule has 4 nitrogen and oxygen atoms in total. The number of benzene rings is 2. The quantitative estimate of drug-likeness (QED) is 0.749. The van der Waals surface area contributed by atoms with Gasteiger partial charge in [-0.3, -0.25) is 4.79 Å². The molecule has 0 aliphatic rings. The van der Waals surface area contributed by atoms with Gasteiger partial charge in [0.25, 0.3) is 0 Å². The van der Waals surface area contributed by atoms with Crippen molar-refractivity contribution in [2.75, 3.05) is 0 Å². The average molecular weight is 305 g/mol. The van der Waals surface area contributed by atoms with E-state index in [1.807, 2.05) is 43.1 Å². The van der Waals surface area contributed by atoms with Gasteiger partial charge in [-0.2, -0.15) is 0 Å². The Hall–Kier alpha value is -2.88. The van der Waals surface area contributed by atoms with Crippen molar-refractivity contribution in [1.82, 2.24) is 14.9 Å². The van der Waals surface area contributed by atoms with Crippen LogP contribution in [0.3, 0.4) is 0 Å². The molecule has 4 heteroatoms. The van der Waals surface area contributed by atoms with Crippen molar-refractivity contribution in [3.8, 4) is 11.1 Å². The molecule has 116 valence electrons. The van der Waals surface area contributed by atoms with Gasteiger partial charge < -0.3 is 9.88 Å². The summed E-state index contributed by atoms with van der Waals surface area (Å²) in [4.78, 5) is 15.7. The molecule has 1 aromatic heterocycles. The Morgan fingerprint density at radius 2 is 1.91 bits per heavy atom. The maximum absolute atomic E-state index is 11.4. The number of aromatic nitrogens is 2. The lowest BCUT2D eigenvalue weighted by Crippen LogP contribution is -2.24. The summed E-state index contributed by atoms with van der Waals surface area (Å²) in [7, 11) is 1.99. The van der Waals surface area contributed by atoms with Crippen molar-refractivity contribution < 1.29 is 4.79 Å². The van der Waals surface area contributed by atoms with Gasteiger partial charge in [0.05, 0.1) is 23.4 Å².